The second-order valence-electron chi connectivity index (χ2n) is 2.73. The van der Waals surface area contributed by atoms with Gasteiger partial charge in [-0.15, -0.1) is 0 Å². The predicted molar refractivity (Wildman–Crippen MR) is 57.7 cm³/mol. The van der Waals surface area contributed by atoms with Gasteiger partial charge in [-0.2, -0.15) is 11.8 Å². The Labute approximate surface area is 82.7 Å². The summed E-state index contributed by atoms with van der Waals surface area (Å²) in [5, 5.41) is 12.4. The fourth-order valence-electron chi connectivity index (χ4n) is 1.09. The minimum Gasteiger partial charge on any atom is -0.411 e. The standard InChI is InChI=1S/C10H13NOS/c1-8(13-2)10(11-12)9-6-4-3-5-7-9/h3-8,12H,1-2H3/b11-10+/t8-/m1/s1. The van der Waals surface area contributed by atoms with Crippen molar-refractivity contribution in [3.05, 3.63) is 35.9 Å². The van der Waals surface area contributed by atoms with Crippen molar-refractivity contribution in [2.45, 2.75) is 12.2 Å². The summed E-state index contributed by atoms with van der Waals surface area (Å²) in [6, 6.07) is 9.72. The third-order valence-corrected chi connectivity index (χ3v) is 2.85. The summed E-state index contributed by atoms with van der Waals surface area (Å²) in [7, 11) is 0. The van der Waals surface area contributed by atoms with Crippen LogP contribution in [-0.2, 0) is 0 Å². The van der Waals surface area contributed by atoms with Crippen molar-refractivity contribution in [1.29, 1.82) is 0 Å². The molecule has 0 bridgehead atoms. The molecule has 0 amide bonds. The Bertz CT molecular complexity index is 284. The van der Waals surface area contributed by atoms with Crippen LogP contribution in [0.2, 0.25) is 0 Å². The summed E-state index contributed by atoms with van der Waals surface area (Å²) in [5.41, 5.74) is 1.71. The minimum atomic E-state index is 0.215. The highest BCUT2D eigenvalue weighted by atomic mass is 32.2. The lowest BCUT2D eigenvalue weighted by Crippen LogP contribution is -2.14. The lowest BCUT2D eigenvalue weighted by atomic mass is 10.1. The number of benzene rings is 1. The highest BCUT2D eigenvalue weighted by Crippen LogP contribution is 2.13. The molecule has 0 unspecified atom stereocenters. The predicted octanol–water partition coefficient (Wildman–Crippen LogP) is 2.62. The molecule has 0 heterocycles. The molecule has 70 valence electrons. The van der Waals surface area contributed by atoms with E-state index in [-0.39, 0.29) is 5.25 Å². The third-order valence-electron chi connectivity index (χ3n) is 1.92. The molecule has 13 heavy (non-hydrogen) atoms. The molecule has 0 aliphatic rings. The van der Waals surface area contributed by atoms with Gasteiger partial charge in [0.1, 0.15) is 0 Å². The highest BCUT2D eigenvalue weighted by molar-refractivity contribution is 7.99. The van der Waals surface area contributed by atoms with Gasteiger partial charge in [-0.25, -0.2) is 0 Å². The summed E-state index contributed by atoms with van der Waals surface area (Å²) in [6.07, 6.45) is 2.00. The first-order valence-corrected chi connectivity index (χ1v) is 5.38. The van der Waals surface area contributed by atoms with E-state index >= 15 is 0 Å². The second kappa shape index (κ2) is 4.92. The molecule has 0 saturated heterocycles. The molecule has 3 heteroatoms. The Morgan fingerprint density at radius 3 is 2.46 bits per heavy atom. The van der Waals surface area contributed by atoms with E-state index in [9.17, 15) is 0 Å². The zero-order chi connectivity index (χ0) is 9.68. The zero-order valence-electron chi connectivity index (χ0n) is 7.77. The number of hydrogen-bond donors (Lipinski definition) is 1. The lowest BCUT2D eigenvalue weighted by molar-refractivity contribution is 0.318. The monoisotopic (exact) mass is 195 g/mol. The molecule has 0 aliphatic carbocycles. The van der Waals surface area contributed by atoms with Gasteiger partial charge in [-0.3, -0.25) is 0 Å². The number of oxime groups is 1. The Morgan fingerprint density at radius 1 is 1.38 bits per heavy atom. The molecule has 1 N–H and O–H groups in total. The van der Waals surface area contributed by atoms with Crippen molar-refractivity contribution in [3.63, 3.8) is 0 Å². The smallest absolute Gasteiger partial charge is 0.0994 e. The van der Waals surface area contributed by atoms with Crippen molar-refractivity contribution < 1.29 is 5.21 Å². The van der Waals surface area contributed by atoms with E-state index in [1.54, 1.807) is 11.8 Å². The third kappa shape index (κ3) is 2.49. The largest absolute Gasteiger partial charge is 0.411 e. The Kier molecular flexibility index (Phi) is 3.83. The maximum absolute atomic E-state index is 8.86. The molecule has 0 radical (unpaired) electrons. The summed E-state index contributed by atoms with van der Waals surface area (Å²) in [4.78, 5) is 0. The maximum Gasteiger partial charge on any atom is 0.0994 e. The van der Waals surface area contributed by atoms with Gasteiger partial charge in [0.2, 0.25) is 0 Å². The van der Waals surface area contributed by atoms with Crippen molar-refractivity contribution in [2.75, 3.05) is 6.26 Å². The summed E-state index contributed by atoms with van der Waals surface area (Å²) >= 11 is 1.66. The molecule has 2 nitrogen and oxygen atoms in total. The Morgan fingerprint density at radius 2 is 2.00 bits per heavy atom. The first kappa shape index (κ1) is 10.1. The van der Waals surface area contributed by atoms with Crippen molar-refractivity contribution in [3.8, 4) is 0 Å². The first-order chi connectivity index (χ1) is 6.29. The van der Waals surface area contributed by atoms with E-state index < -0.39 is 0 Å². The van der Waals surface area contributed by atoms with Crippen LogP contribution < -0.4 is 0 Å². The molecule has 0 fully saturated rings. The van der Waals surface area contributed by atoms with Gasteiger partial charge in [-0.1, -0.05) is 35.5 Å². The van der Waals surface area contributed by atoms with Crippen LogP contribution in [0.4, 0.5) is 0 Å². The number of rotatable bonds is 3. The van der Waals surface area contributed by atoms with Gasteiger partial charge in [0.05, 0.1) is 5.71 Å². The van der Waals surface area contributed by atoms with E-state index in [0.29, 0.717) is 0 Å². The van der Waals surface area contributed by atoms with Crippen LogP contribution in [0.15, 0.2) is 35.5 Å². The van der Waals surface area contributed by atoms with Gasteiger partial charge in [0.25, 0.3) is 0 Å². The van der Waals surface area contributed by atoms with Gasteiger partial charge in [0.15, 0.2) is 0 Å². The van der Waals surface area contributed by atoms with Crippen LogP contribution >= 0.6 is 11.8 Å². The number of hydrogen-bond acceptors (Lipinski definition) is 3. The molecule has 1 aromatic carbocycles. The van der Waals surface area contributed by atoms with Crippen molar-refractivity contribution in [1.82, 2.24) is 0 Å². The average Bonchev–Trinajstić information content (AvgIpc) is 2.20. The van der Waals surface area contributed by atoms with Crippen LogP contribution in [-0.4, -0.2) is 22.4 Å². The lowest BCUT2D eigenvalue weighted by Gasteiger charge is -2.09. The fraction of sp³-hybridized carbons (Fsp3) is 0.300. The molecular formula is C10H13NOS. The topological polar surface area (TPSA) is 32.6 Å². The van der Waals surface area contributed by atoms with E-state index in [0.717, 1.165) is 11.3 Å². The fourth-order valence-corrected chi connectivity index (χ4v) is 1.50. The molecule has 1 rings (SSSR count). The van der Waals surface area contributed by atoms with Gasteiger partial charge in [-0.05, 0) is 13.2 Å². The van der Waals surface area contributed by atoms with Crippen LogP contribution in [0.3, 0.4) is 0 Å². The molecule has 0 aromatic heterocycles. The van der Waals surface area contributed by atoms with E-state index in [4.69, 9.17) is 5.21 Å². The number of thioether (sulfide) groups is 1. The van der Waals surface area contributed by atoms with Crippen molar-refractivity contribution >= 4 is 17.5 Å². The SMILES string of the molecule is CS[C@H](C)/C(=N\O)c1ccccc1. The average molecular weight is 195 g/mol. The second-order valence-corrected chi connectivity index (χ2v) is 3.91. The summed E-state index contributed by atoms with van der Waals surface area (Å²) < 4.78 is 0. The molecule has 1 aromatic rings. The van der Waals surface area contributed by atoms with Crippen molar-refractivity contribution in [2.24, 2.45) is 5.16 Å². The maximum atomic E-state index is 8.86. The molecule has 0 aliphatic heterocycles. The van der Waals surface area contributed by atoms with Crippen LogP contribution in [0.5, 0.6) is 0 Å². The van der Waals surface area contributed by atoms with E-state index in [1.165, 1.54) is 0 Å². The van der Waals surface area contributed by atoms with Gasteiger partial charge < -0.3 is 5.21 Å². The zero-order valence-corrected chi connectivity index (χ0v) is 8.58. The molecule has 1 atom stereocenters. The minimum absolute atomic E-state index is 0.215. The van der Waals surface area contributed by atoms with Crippen LogP contribution in [0, 0.1) is 0 Å². The highest BCUT2D eigenvalue weighted by Gasteiger charge is 2.11. The van der Waals surface area contributed by atoms with Crippen LogP contribution in [0.25, 0.3) is 0 Å². The van der Waals surface area contributed by atoms with E-state index in [2.05, 4.69) is 5.16 Å². The summed E-state index contributed by atoms with van der Waals surface area (Å²) in [5.74, 6) is 0. The van der Waals surface area contributed by atoms with Crippen LogP contribution in [0.1, 0.15) is 12.5 Å². The quantitative estimate of drug-likeness (QED) is 0.457. The molecular weight excluding hydrogens is 182 g/mol. The summed E-state index contributed by atoms with van der Waals surface area (Å²) in [6.45, 7) is 2.02. The Hall–Kier alpha value is -0.960. The van der Waals surface area contributed by atoms with E-state index in [1.807, 2.05) is 43.5 Å². The first-order valence-electron chi connectivity index (χ1n) is 4.09. The Balaban J connectivity index is 2.93. The number of nitrogens with zero attached hydrogens (tertiary/aromatic N) is 1. The molecule has 0 spiro atoms. The van der Waals surface area contributed by atoms with Gasteiger partial charge in [0, 0.05) is 10.8 Å². The molecule has 0 saturated carbocycles. The van der Waals surface area contributed by atoms with Gasteiger partial charge >= 0.3 is 0 Å². The normalized spacial score (nSPS) is 14.2.